The Morgan fingerprint density at radius 3 is 2.50 bits per heavy atom. The van der Waals surface area contributed by atoms with Crippen molar-refractivity contribution in [3.63, 3.8) is 0 Å². The van der Waals surface area contributed by atoms with Crippen LogP contribution in [0.15, 0.2) is 0 Å². The zero-order valence-corrected chi connectivity index (χ0v) is 8.70. The predicted molar refractivity (Wildman–Crippen MR) is 50.6 cm³/mol. The molecule has 14 heavy (non-hydrogen) atoms. The van der Waals surface area contributed by atoms with Crippen molar-refractivity contribution in [1.82, 2.24) is 0 Å². The predicted octanol–water partition coefficient (Wildman–Crippen LogP) is 0.161. The van der Waals surface area contributed by atoms with Gasteiger partial charge in [0, 0.05) is 6.42 Å². The van der Waals surface area contributed by atoms with E-state index in [1.54, 1.807) is 0 Å². The van der Waals surface area contributed by atoms with Crippen molar-refractivity contribution < 1.29 is 19.3 Å². The molecule has 2 aliphatic heterocycles. The fourth-order valence-corrected chi connectivity index (χ4v) is 1.49. The Morgan fingerprint density at radius 1 is 1.36 bits per heavy atom. The smallest absolute Gasteiger partial charge is 0.104 e. The number of halogens is 1. The van der Waals surface area contributed by atoms with Crippen molar-refractivity contribution in [2.75, 3.05) is 32.3 Å². The summed E-state index contributed by atoms with van der Waals surface area (Å²) in [5, 5.41) is 9.99. The van der Waals surface area contributed by atoms with Gasteiger partial charge in [-0.05, 0) is 0 Å². The summed E-state index contributed by atoms with van der Waals surface area (Å²) in [7, 11) is 0. The SMILES string of the molecule is OC(CCl)(COCC1CO1)CC1CO1. The normalized spacial score (nSPS) is 33.9. The third kappa shape index (κ3) is 3.37. The largest absolute Gasteiger partial charge is 0.386 e. The van der Waals surface area contributed by atoms with E-state index in [-0.39, 0.29) is 24.7 Å². The number of rotatable bonds is 7. The lowest BCUT2D eigenvalue weighted by Gasteiger charge is -2.24. The first-order valence-electron chi connectivity index (χ1n) is 4.81. The molecule has 4 nitrogen and oxygen atoms in total. The van der Waals surface area contributed by atoms with Crippen LogP contribution in [-0.4, -0.2) is 55.2 Å². The Morgan fingerprint density at radius 2 is 2.00 bits per heavy atom. The minimum atomic E-state index is -0.947. The van der Waals surface area contributed by atoms with Crippen LogP contribution in [0, 0.1) is 0 Å². The van der Waals surface area contributed by atoms with Gasteiger partial charge in [-0.1, -0.05) is 0 Å². The topological polar surface area (TPSA) is 54.5 Å². The van der Waals surface area contributed by atoms with Crippen molar-refractivity contribution in [2.45, 2.75) is 24.2 Å². The first-order chi connectivity index (χ1) is 6.72. The molecule has 3 atom stereocenters. The third-order valence-electron chi connectivity index (χ3n) is 2.34. The quantitative estimate of drug-likeness (QED) is 0.493. The number of aliphatic hydroxyl groups is 1. The summed E-state index contributed by atoms with van der Waals surface area (Å²) in [5.74, 6) is 0.179. The second kappa shape index (κ2) is 4.33. The van der Waals surface area contributed by atoms with E-state index in [2.05, 4.69) is 0 Å². The van der Waals surface area contributed by atoms with Gasteiger partial charge in [-0.2, -0.15) is 0 Å². The molecule has 0 aromatic rings. The van der Waals surface area contributed by atoms with Crippen LogP contribution in [0.3, 0.4) is 0 Å². The average Bonchev–Trinajstić information content (AvgIpc) is 2.98. The summed E-state index contributed by atoms with van der Waals surface area (Å²) < 4.78 is 15.4. The van der Waals surface area contributed by atoms with Gasteiger partial charge in [-0.15, -0.1) is 11.6 Å². The van der Waals surface area contributed by atoms with Gasteiger partial charge in [-0.3, -0.25) is 0 Å². The van der Waals surface area contributed by atoms with E-state index in [1.807, 2.05) is 0 Å². The molecule has 0 aromatic heterocycles. The fourth-order valence-electron chi connectivity index (χ4n) is 1.31. The third-order valence-corrected chi connectivity index (χ3v) is 2.83. The molecule has 0 bridgehead atoms. The molecule has 0 radical (unpaired) electrons. The zero-order chi connectivity index (χ0) is 10.0. The first kappa shape index (κ1) is 10.6. The molecular weight excluding hydrogens is 208 g/mol. The summed E-state index contributed by atoms with van der Waals surface area (Å²) in [6, 6.07) is 0. The molecule has 2 aliphatic rings. The summed E-state index contributed by atoms with van der Waals surface area (Å²) in [6.07, 6.45) is 0.952. The molecule has 0 aromatic carbocycles. The van der Waals surface area contributed by atoms with Crippen LogP contribution < -0.4 is 0 Å². The van der Waals surface area contributed by atoms with Gasteiger partial charge in [0.15, 0.2) is 0 Å². The summed E-state index contributed by atoms with van der Waals surface area (Å²) >= 11 is 5.69. The van der Waals surface area contributed by atoms with Crippen LogP contribution in [0.2, 0.25) is 0 Å². The molecule has 0 aliphatic carbocycles. The Bertz CT molecular complexity index is 193. The molecule has 2 saturated heterocycles. The molecular formula is C9H15ClO4. The standard InChI is InChI=1S/C9H15ClO4/c10-5-9(11,1-7-3-13-7)6-12-2-8-4-14-8/h7-8,11H,1-6H2. The summed E-state index contributed by atoms with van der Waals surface area (Å²) in [4.78, 5) is 0. The van der Waals surface area contributed by atoms with Crippen molar-refractivity contribution in [2.24, 2.45) is 0 Å². The minimum Gasteiger partial charge on any atom is -0.386 e. The molecule has 1 N–H and O–H groups in total. The van der Waals surface area contributed by atoms with Gasteiger partial charge >= 0.3 is 0 Å². The van der Waals surface area contributed by atoms with Crippen molar-refractivity contribution in [1.29, 1.82) is 0 Å². The molecule has 5 heteroatoms. The highest BCUT2D eigenvalue weighted by molar-refractivity contribution is 6.18. The van der Waals surface area contributed by atoms with Crippen LogP contribution in [0.4, 0.5) is 0 Å². The van der Waals surface area contributed by atoms with Gasteiger partial charge in [0.2, 0.25) is 0 Å². The zero-order valence-electron chi connectivity index (χ0n) is 7.95. The van der Waals surface area contributed by atoms with Crippen LogP contribution in [0.5, 0.6) is 0 Å². The Balaban J connectivity index is 1.65. The van der Waals surface area contributed by atoms with Crippen LogP contribution in [0.25, 0.3) is 0 Å². The fraction of sp³-hybridized carbons (Fsp3) is 1.00. The molecule has 2 rings (SSSR count). The van der Waals surface area contributed by atoms with Gasteiger partial charge in [0.1, 0.15) is 11.7 Å². The lowest BCUT2D eigenvalue weighted by molar-refractivity contribution is -0.0427. The summed E-state index contributed by atoms with van der Waals surface area (Å²) in [5.41, 5.74) is -0.947. The molecule has 2 fully saturated rings. The monoisotopic (exact) mass is 222 g/mol. The number of hydrogen-bond acceptors (Lipinski definition) is 4. The lowest BCUT2D eigenvalue weighted by Crippen LogP contribution is -2.38. The lowest BCUT2D eigenvalue weighted by atomic mass is 10.0. The highest BCUT2D eigenvalue weighted by Crippen LogP contribution is 2.24. The number of hydrogen-bond donors (Lipinski definition) is 1. The molecule has 0 spiro atoms. The first-order valence-corrected chi connectivity index (χ1v) is 5.35. The number of ether oxygens (including phenoxy) is 3. The van der Waals surface area contributed by atoms with E-state index in [4.69, 9.17) is 25.8 Å². The maximum atomic E-state index is 9.99. The van der Waals surface area contributed by atoms with E-state index in [0.29, 0.717) is 13.0 Å². The van der Waals surface area contributed by atoms with Crippen molar-refractivity contribution >= 4 is 11.6 Å². The maximum Gasteiger partial charge on any atom is 0.104 e. The van der Waals surface area contributed by atoms with E-state index in [1.165, 1.54) is 0 Å². The van der Waals surface area contributed by atoms with E-state index in [0.717, 1.165) is 13.2 Å². The number of epoxide rings is 2. The van der Waals surface area contributed by atoms with Gasteiger partial charge in [0.25, 0.3) is 0 Å². The minimum absolute atomic E-state index is 0.166. The Kier molecular flexibility index (Phi) is 3.29. The molecule has 2 heterocycles. The molecule has 3 unspecified atom stereocenters. The van der Waals surface area contributed by atoms with Crippen molar-refractivity contribution in [3.05, 3.63) is 0 Å². The second-order valence-electron chi connectivity index (χ2n) is 3.99. The van der Waals surface area contributed by atoms with E-state index in [9.17, 15) is 5.11 Å². The van der Waals surface area contributed by atoms with Gasteiger partial charge in [-0.25, -0.2) is 0 Å². The van der Waals surface area contributed by atoms with Crippen LogP contribution >= 0.6 is 11.6 Å². The summed E-state index contributed by atoms with van der Waals surface area (Å²) in [6.45, 7) is 2.30. The Hall–Kier alpha value is 0.130. The molecule has 0 amide bonds. The van der Waals surface area contributed by atoms with Crippen LogP contribution in [0.1, 0.15) is 6.42 Å². The highest BCUT2D eigenvalue weighted by Gasteiger charge is 2.36. The second-order valence-corrected chi connectivity index (χ2v) is 4.26. The maximum absolute atomic E-state index is 9.99. The number of alkyl halides is 1. The Labute approximate surface area is 88.1 Å². The van der Waals surface area contributed by atoms with E-state index >= 15 is 0 Å². The molecule has 82 valence electrons. The van der Waals surface area contributed by atoms with Gasteiger partial charge < -0.3 is 19.3 Å². The van der Waals surface area contributed by atoms with Crippen LogP contribution in [-0.2, 0) is 14.2 Å². The van der Waals surface area contributed by atoms with Gasteiger partial charge in [0.05, 0.1) is 38.4 Å². The highest BCUT2D eigenvalue weighted by atomic mass is 35.5. The molecule has 0 saturated carbocycles. The van der Waals surface area contributed by atoms with Crippen molar-refractivity contribution in [3.8, 4) is 0 Å². The average molecular weight is 223 g/mol. The van der Waals surface area contributed by atoms with E-state index < -0.39 is 5.60 Å².